The first kappa shape index (κ1) is 21.8. The average molecular weight is 417 g/mol. The quantitative estimate of drug-likeness (QED) is 0.670. The molecule has 6 nitrogen and oxygen atoms in total. The molecule has 0 aliphatic carbocycles. The molecule has 0 radical (unpaired) electrons. The largest absolute Gasteiger partial charge is 0.325 e. The summed E-state index contributed by atoms with van der Waals surface area (Å²) in [4.78, 5) is 27.4. The Morgan fingerprint density at radius 2 is 1.96 bits per heavy atom. The molecule has 1 atom stereocenters. The average Bonchev–Trinajstić information content (AvgIpc) is 2.67. The molecule has 0 saturated carbocycles. The number of carbonyl (C=O) groups is 2. The monoisotopic (exact) mass is 416 g/mol. The van der Waals surface area contributed by atoms with Gasteiger partial charge < -0.3 is 10.6 Å². The number of nitrogens with one attached hydrogen (secondary N) is 2. The Balaban J connectivity index is 1.94. The van der Waals surface area contributed by atoms with Crippen LogP contribution in [-0.4, -0.2) is 42.6 Å². The van der Waals surface area contributed by atoms with Gasteiger partial charge in [-0.3, -0.25) is 14.5 Å². The second-order valence-corrected chi connectivity index (χ2v) is 7.39. The maximum Gasteiger partial charge on any atom is 0.241 e. The van der Waals surface area contributed by atoms with Crippen molar-refractivity contribution in [3.63, 3.8) is 0 Å². The normalized spacial score (nSPS) is 11.6. The van der Waals surface area contributed by atoms with Crippen molar-refractivity contribution in [1.82, 2.24) is 4.90 Å². The standard InChI is InChI=1S/C20H21ClN4O2S/c1-13(20(27)23-15-9-8-14(11-22)16(21)10-15)25(2)12-19(26)24-17-6-4-5-7-18(17)28-3/h4-10,13H,12H2,1-3H3,(H,23,27)(H,24,26). The van der Waals surface area contributed by atoms with Gasteiger partial charge in [-0.1, -0.05) is 23.7 Å². The van der Waals surface area contributed by atoms with Crippen molar-refractivity contribution in [2.45, 2.75) is 17.9 Å². The highest BCUT2D eigenvalue weighted by atomic mass is 35.5. The summed E-state index contributed by atoms with van der Waals surface area (Å²) < 4.78 is 0. The maximum atomic E-state index is 12.5. The molecule has 2 amide bonds. The van der Waals surface area contributed by atoms with E-state index in [0.717, 1.165) is 10.6 Å². The minimum absolute atomic E-state index is 0.0609. The van der Waals surface area contributed by atoms with Crippen LogP contribution >= 0.6 is 23.4 Å². The van der Waals surface area contributed by atoms with Gasteiger partial charge in [-0.25, -0.2) is 0 Å². The number of anilines is 2. The summed E-state index contributed by atoms with van der Waals surface area (Å²) in [6, 6.07) is 13.6. The highest BCUT2D eigenvalue weighted by Gasteiger charge is 2.21. The molecule has 0 bridgehead atoms. The number of para-hydroxylation sites is 1. The number of nitrogens with zero attached hydrogens (tertiary/aromatic N) is 2. The van der Waals surface area contributed by atoms with Crippen LogP contribution < -0.4 is 10.6 Å². The number of amides is 2. The molecule has 0 spiro atoms. The fourth-order valence-electron chi connectivity index (χ4n) is 2.43. The molecule has 2 rings (SSSR count). The predicted molar refractivity (Wildman–Crippen MR) is 114 cm³/mol. The minimum Gasteiger partial charge on any atom is -0.325 e. The molecule has 2 N–H and O–H groups in total. The van der Waals surface area contributed by atoms with Gasteiger partial charge in [0.05, 0.1) is 28.9 Å². The van der Waals surface area contributed by atoms with Crippen LogP contribution in [0, 0.1) is 11.3 Å². The van der Waals surface area contributed by atoms with Crippen LogP contribution in [-0.2, 0) is 9.59 Å². The topological polar surface area (TPSA) is 85.2 Å². The molecule has 0 saturated heterocycles. The third kappa shape index (κ3) is 5.73. The van der Waals surface area contributed by atoms with Crippen LogP contribution in [0.3, 0.4) is 0 Å². The van der Waals surface area contributed by atoms with Crippen LogP contribution in [0.5, 0.6) is 0 Å². The highest BCUT2D eigenvalue weighted by Crippen LogP contribution is 2.24. The molecule has 0 fully saturated rings. The first-order chi connectivity index (χ1) is 13.3. The van der Waals surface area contributed by atoms with E-state index >= 15 is 0 Å². The lowest BCUT2D eigenvalue weighted by Gasteiger charge is -2.23. The van der Waals surface area contributed by atoms with Crippen LogP contribution in [0.1, 0.15) is 12.5 Å². The number of hydrogen-bond acceptors (Lipinski definition) is 5. The van der Waals surface area contributed by atoms with E-state index in [2.05, 4.69) is 10.6 Å². The van der Waals surface area contributed by atoms with Gasteiger partial charge in [-0.05, 0) is 50.6 Å². The Hall–Kier alpha value is -2.53. The molecule has 2 aromatic carbocycles. The molecule has 8 heteroatoms. The van der Waals surface area contributed by atoms with Crippen molar-refractivity contribution in [3.05, 3.63) is 53.1 Å². The predicted octanol–water partition coefficient (Wildman–Crippen LogP) is 3.83. The van der Waals surface area contributed by atoms with E-state index in [-0.39, 0.29) is 23.4 Å². The Bertz CT molecular complexity index is 913. The minimum atomic E-state index is -0.545. The van der Waals surface area contributed by atoms with E-state index in [9.17, 15) is 9.59 Å². The molecule has 0 aromatic heterocycles. The highest BCUT2D eigenvalue weighted by molar-refractivity contribution is 7.98. The van der Waals surface area contributed by atoms with Crippen LogP contribution in [0.4, 0.5) is 11.4 Å². The van der Waals surface area contributed by atoms with Crippen molar-refractivity contribution in [2.75, 3.05) is 30.5 Å². The number of rotatable bonds is 7. The smallest absolute Gasteiger partial charge is 0.241 e. The van der Waals surface area contributed by atoms with Crippen LogP contribution in [0.2, 0.25) is 5.02 Å². The number of halogens is 1. The Labute approximate surface area is 173 Å². The van der Waals surface area contributed by atoms with Crippen molar-refractivity contribution in [1.29, 1.82) is 5.26 Å². The molecule has 2 aromatic rings. The summed E-state index contributed by atoms with van der Waals surface area (Å²) in [6.07, 6.45) is 1.94. The summed E-state index contributed by atoms with van der Waals surface area (Å²) in [5, 5.41) is 14.8. The third-order valence-electron chi connectivity index (χ3n) is 4.17. The molecular formula is C20H21ClN4O2S. The van der Waals surface area contributed by atoms with Crippen molar-refractivity contribution < 1.29 is 9.59 Å². The number of hydrogen-bond donors (Lipinski definition) is 2. The van der Waals surface area contributed by atoms with E-state index in [1.807, 2.05) is 36.6 Å². The molecule has 0 aliphatic heterocycles. The maximum absolute atomic E-state index is 12.5. The third-order valence-corrected chi connectivity index (χ3v) is 5.28. The SMILES string of the molecule is CSc1ccccc1NC(=O)CN(C)C(C)C(=O)Nc1ccc(C#N)c(Cl)c1. The van der Waals surface area contributed by atoms with Crippen molar-refractivity contribution >= 4 is 46.6 Å². The molecule has 146 valence electrons. The Kier molecular flexibility index (Phi) is 7.88. The summed E-state index contributed by atoms with van der Waals surface area (Å²) in [5.41, 5.74) is 1.58. The Morgan fingerprint density at radius 3 is 2.61 bits per heavy atom. The zero-order valence-corrected chi connectivity index (χ0v) is 17.4. The zero-order chi connectivity index (χ0) is 20.7. The fourth-order valence-corrected chi connectivity index (χ4v) is 3.21. The lowest BCUT2D eigenvalue weighted by Crippen LogP contribution is -2.43. The van der Waals surface area contributed by atoms with Gasteiger partial charge in [0.25, 0.3) is 0 Å². The lowest BCUT2D eigenvalue weighted by molar-refractivity contribution is -0.122. The van der Waals surface area contributed by atoms with Gasteiger partial charge in [-0.15, -0.1) is 11.8 Å². The fraction of sp³-hybridized carbons (Fsp3) is 0.250. The van der Waals surface area contributed by atoms with Crippen LogP contribution in [0.25, 0.3) is 0 Å². The lowest BCUT2D eigenvalue weighted by atomic mass is 10.2. The first-order valence-corrected chi connectivity index (χ1v) is 10.1. The van der Waals surface area contributed by atoms with E-state index < -0.39 is 6.04 Å². The van der Waals surface area contributed by atoms with Crippen LogP contribution in [0.15, 0.2) is 47.4 Å². The van der Waals surface area contributed by atoms with Gasteiger partial charge in [-0.2, -0.15) is 5.26 Å². The first-order valence-electron chi connectivity index (χ1n) is 8.49. The van der Waals surface area contributed by atoms with Gasteiger partial charge >= 0.3 is 0 Å². The number of benzene rings is 2. The second kappa shape index (κ2) is 10.1. The summed E-state index contributed by atoms with van der Waals surface area (Å²) >= 11 is 7.54. The summed E-state index contributed by atoms with van der Waals surface area (Å²) in [6.45, 7) is 1.77. The number of nitriles is 1. The molecule has 28 heavy (non-hydrogen) atoms. The molecule has 1 unspecified atom stereocenters. The molecule has 0 aliphatic rings. The van der Waals surface area contributed by atoms with Gasteiger partial charge in [0.1, 0.15) is 6.07 Å². The van der Waals surface area contributed by atoms with E-state index in [1.54, 1.807) is 42.8 Å². The van der Waals surface area contributed by atoms with Gasteiger partial charge in [0.15, 0.2) is 0 Å². The molecular weight excluding hydrogens is 396 g/mol. The van der Waals surface area contributed by atoms with Gasteiger partial charge in [0.2, 0.25) is 11.8 Å². The summed E-state index contributed by atoms with van der Waals surface area (Å²) in [7, 11) is 1.70. The number of carbonyl (C=O) groups excluding carboxylic acids is 2. The second-order valence-electron chi connectivity index (χ2n) is 6.14. The van der Waals surface area contributed by atoms with Gasteiger partial charge in [0, 0.05) is 10.6 Å². The van der Waals surface area contributed by atoms with Crippen molar-refractivity contribution in [3.8, 4) is 6.07 Å². The van der Waals surface area contributed by atoms with E-state index in [1.165, 1.54) is 6.07 Å². The Morgan fingerprint density at radius 1 is 1.25 bits per heavy atom. The number of likely N-dealkylation sites (N-methyl/N-ethyl adjacent to an activating group) is 1. The summed E-state index contributed by atoms with van der Waals surface area (Å²) in [5.74, 6) is -0.481. The molecule has 0 heterocycles. The number of thioether (sulfide) groups is 1. The zero-order valence-electron chi connectivity index (χ0n) is 15.8. The van der Waals surface area contributed by atoms with E-state index in [4.69, 9.17) is 16.9 Å². The van der Waals surface area contributed by atoms with Crippen molar-refractivity contribution in [2.24, 2.45) is 0 Å². The van der Waals surface area contributed by atoms with E-state index in [0.29, 0.717) is 11.3 Å².